The van der Waals surface area contributed by atoms with Crippen LogP contribution in [0.4, 0.5) is 0 Å². The van der Waals surface area contributed by atoms with Gasteiger partial charge in [-0.3, -0.25) is 0 Å². The second-order valence-corrected chi connectivity index (χ2v) is 5.80. The fourth-order valence-electron chi connectivity index (χ4n) is 1.98. The molecule has 18 heavy (non-hydrogen) atoms. The van der Waals surface area contributed by atoms with Crippen LogP contribution in [0.5, 0.6) is 0 Å². The molecule has 4 nitrogen and oxygen atoms in total. The summed E-state index contributed by atoms with van der Waals surface area (Å²) in [5.41, 5.74) is -0.528. The molecule has 5 heteroatoms. The summed E-state index contributed by atoms with van der Waals surface area (Å²) in [6.07, 6.45) is 3.84. The van der Waals surface area contributed by atoms with Gasteiger partial charge in [-0.05, 0) is 34.1 Å². The van der Waals surface area contributed by atoms with Gasteiger partial charge in [-0.1, -0.05) is 12.1 Å². The Labute approximate surface area is 110 Å². The Kier molecular flexibility index (Phi) is 4.16. The molecular weight excluding hydrogens is 231 g/mol. The van der Waals surface area contributed by atoms with Crippen molar-refractivity contribution in [1.29, 1.82) is 0 Å². The van der Waals surface area contributed by atoms with Crippen molar-refractivity contribution in [3.63, 3.8) is 0 Å². The fraction of sp³-hybridized carbons (Fsp3) is 0.846. The van der Waals surface area contributed by atoms with Crippen LogP contribution in [0.2, 0.25) is 0 Å². The van der Waals surface area contributed by atoms with Crippen LogP contribution >= 0.6 is 0 Å². The lowest BCUT2D eigenvalue weighted by Gasteiger charge is -2.32. The fourth-order valence-corrected chi connectivity index (χ4v) is 1.98. The maximum atomic E-state index is 5.86. The minimum absolute atomic E-state index is 0.0343. The van der Waals surface area contributed by atoms with E-state index in [1.807, 2.05) is 5.98 Å². The number of ether oxygens (including phenoxy) is 2. The van der Waals surface area contributed by atoms with Crippen molar-refractivity contribution < 1.29 is 18.8 Å². The minimum atomic E-state index is -0.264. The number of hydrogen-bond acceptors (Lipinski definition) is 4. The van der Waals surface area contributed by atoms with Gasteiger partial charge in [0.05, 0.1) is 24.4 Å². The molecule has 0 radical (unpaired) electrons. The van der Waals surface area contributed by atoms with Crippen LogP contribution in [-0.2, 0) is 18.8 Å². The highest BCUT2D eigenvalue weighted by Crippen LogP contribution is 2.36. The molecule has 0 aliphatic carbocycles. The summed E-state index contributed by atoms with van der Waals surface area (Å²) in [5, 5.41) is 0. The maximum Gasteiger partial charge on any atom is 0.486 e. The van der Waals surface area contributed by atoms with Crippen molar-refractivity contribution in [3.8, 4) is 0 Å². The quantitative estimate of drug-likeness (QED) is 0.721. The molecular formula is C13H23BO4. The number of allylic oxidation sites excluding steroid dienone is 1. The predicted molar refractivity (Wildman–Crippen MR) is 70.1 cm³/mol. The van der Waals surface area contributed by atoms with Gasteiger partial charge >= 0.3 is 7.12 Å². The molecule has 0 bridgehead atoms. The smallest absolute Gasteiger partial charge is 0.400 e. The normalized spacial score (nSPS) is 27.4. The van der Waals surface area contributed by atoms with Crippen LogP contribution in [0.15, 0.2) is 12.1 Å². The van der Waals surface area contributed by atoms with Crippen LogP contribution < -0.4 is 0 Å². The van der Waals surface area contributed by atoms with Gasteiger partial charge in [-0.25, -0.2) is 0 Å². The molecule has 0 saturated carbocycles. The average Bonchev–Trinajstić information content (AvgIpc) is 2.81. The third-order valence-corrected chi connectivity index (χ3v) is 3.82. The Morgan fingerprint density at radius 3 is 2.17 bits per heavy atom. The van der Waals surface area contributed by atoms with Crippen molar-refractivity contribution in [2.75, 3.05) is 13.2 Å². The first kappa shape index (κ1) is 14.1. The van der Waals surface area contributed by atoms with Gasteiger partial charge in [0.25, 0.3) is 0 Å². The summed E-state index contributed by atoms with van der Waals surface area (Å²) in [6, 6.07) is 0. The summed E-state index contributed by atoms with van der Waals surface area (Å²) in [5.74, 6) is 1.98. The lowest BCUT2D eigenvalue weighted by Crippen LogP contribution is -2.41. The number of hydrogen-bond donors (Lipinski definition) is 0. The minimum Gasteiger partial charge on any atom is -0.400 e. The SMILES string of the molecule is CC1(C)OB(/C=C/CCC2OCCO2)OC1(C)C. The summed E-state index contributed by atoms with van der Waals surface area (Å²) in [7, 11) is -0.250. The molecule has 2 rings (SSSR count). The highest BCUT2D eigenvalue weighted by molar-refractivity contribution is 6.51. The van der Waals surface area contributed by atoms with E-state index in [-0.39, 0.29) is 24.6 Å². The van der Waals surface area contributed by atoms with E-state index in [1.54, 1.807) is 0 Å². The average molecular weight is 254 g/mol. The molecule has 2 heterocycles. The molecule has 0 unspecified atom stereocenters. The summed E-state index contributed by atoms with van der Waals surface area (Å²) in [6.45, 7) is 9.65. The Morgan fingerprint density at radius 1 is 1.06 bits per heavy atom. The lowest BCUT2D eigenvalue weighted by atomic mass is 9.89. The Morgan fingerprint density at radius 2 is 1.61 bits per heavy atom. The summed E-state index contributed by atoms with van der Waals surface area (Å²) >= 11 is 0. The molecule has 0 spiro atoms. The van der Waals surface area contributed by atoms with Gasteiger partial charge in [0.2, 0.25) is 0 Å². The first-order valence-electron chi connectivity index (χ1n) is 6.66. The highest BCUT2D eigenvalue weighted by Gasteiger charge is 2.49. The molecule has 102 valence electrons. The van der Waals surface area contributed by atoms with E-state index in [9.17, 15) is 0 Å². The van der Waals surface area contributed by atoms with Crippen LogP contribution in [0.1, 0.15) is 40.5 Å². The monoisotopic (exact) mass is 254 g/mol. The molecule has 0 aromatic carbocycles. The van der Waals surface area contributed by atoms with E-state index in [0.29, 0.717) is 13.2 Å². The molecule has 2 aliphatic rings. The molecule has 0 aromatic heterocycles. The van der Waals surface area contributed by atoms with Crippen molar-refractivity contribution in [2.24, 2.45) is 0 Å². The second kappa shape index (κ2) is 5.33. The summed E-state index contributed by atoms with van der Waals surface area (Å²) in [4.78, 5) is 0. The van der Waals surface area contributed by atoms with E-state index in [4.69, 9.17) is 18.8 Å². The van der Waals surface area contributed by atoms with Gasteiger partial charge in [0.1, 0.15) is 0 Å². The standard InChI is InChI=1S/C13H23BO4/c1-12(2)13(3,4)18-14(17-12)8-6-5-7-11-15-9-10-16-11/h6,8,11H,5,7,9-10H2,1-4H3/b8-6+. The van der Waals surface area contributed by atoms with Crippen molar-refractivity contribution in [3.05, 3.63) is 12.1 Å². The zero-order valence-electron chi connectivity index (χ0n) is 11.8. The molecule has 0 atom stereocenters. The molecule has 2 saturated heterocycles. The van der Waals surface area contributed by atoms with Crippen molar-refractivity contribution >= 4 is 7.12 Å². The van der Waals surface area contributed by atoms with Gasteiger partial charge < -0.3 is 18.8 Å². The van der Waals surface area contributed by atoms with Gasteiger partial charge in [0.15, 0.2) is 6.29 Å². The first-order valence-corrected chi connectivity index (χ1v) is 6.66. The van der Waals surface area contributed by atoms with Crippen molar-refractivity contribution in [2.45, 2.75) is 58.0 Å². The van der Waals surface area contributed by atoms with Crippen LogP contribution in [0, 0.1) is 0 Å². The van der Waals surface area contributed by atoms with E-state index in [1.165, 1.54) is 0 Å². The zero-order valence-corrected chi connectivity index (χ0v) is 11.8. The third kappa shape index (κ3) is 3.15. The Bertz CT molecular complexity index is 292. The largest absolute Gasteiger partial charge is 0.486 e. The van der Waals surface area contributed by atoms with E-state index >= 15 is 0 Å². The van der Waals surface area contributed by atoms with Crippen LogP contribution in [0.25, 0.3) is 0 Å². The van der Waals surface area contributed by atoms with E-state index in [2.05, 4.69) is 33.8 Å². The zero-order chi connectivity index (χ0) is 13.2. The first-order chi connectivity index (χ1) is 8.41. The maximum absolute atomic E-state index is 5.86. The van der Waals surface area contributed by atoms with Crippen LogP contribution in [-0.4, -0.2) is 37.8 Å². The van der Waals surface area contributed by atoms with Gasteiger partial charge in [-0.2, -0.15) is 0 Å². The van der Waals surface area contributed by atoms with Crippen molar-refractivity contribution in [1.82, 2.24) is 0 Å². The second-order valence-electron chi connectivity index (χ2n) is 5.80. The van der Waals surface area contributed by atoms with E-state index in [0.717, 1.165) is 12.8 Å². The molecule has 0 amide bonds. The molecule has 2 aliphatic heterocycles. The highest BCUT2D eigenvalue weighted by atomic mass is 16.7. The van der Waals surface area contributed by atoms with Gasteiger partial charge in [-0.15, -0.1) is 0 Å². The van der Waals surface area contributed by atoms with Crippen LogP contribution in [0.3, 0.4) is 0 Å². The Balaban J connectivity index is 1.73. The molecule has 0 aromatic rings. The third-order valence-electron chi connectivity index (χ3n) is 3.82. The summed E-state index contributed by atoms with van der Waals surface area (Å²) < 4.78 is 22.5. The Hall–Kier alpha value is -0.355. The van der Waals surface area contributed by atoms with Gasteiger partial charge in [0, 0.05) is 6.42 Å². The topological polar surface area (TPSA) is 36.9 Å². The van der Waals surface area contributed by atoms with E-state index < -0.39 is 0 Å². The molecule has 2 fully saturated rings. The predicted octanol–water partition coefficient (Wildman–Crippen LogP) is 2.33. The number of rotatable bonds is 4. The molecule has 0 N–H and O–H groups in total. The lowest BCUT2D eigenvalue weighted by molar-refractivity contribution is -0.0457.